The van der Waals surface area contributed by atoms with E-state index in [0.717, 1.165) is 26.0 Å². The Hall–Kier alpha value is -1.69. The maximum Gasteiger partial charge on any atom is 0.268 e. The number of amides is 1. The normalized spacial score (nSPS) is 19.2. The zero-order valence-electron chi connectivity index (χ0n) is 9.80. The molecule has 1 saturated heterocycles. The summed E-state index contributed by atoms with van der Waals surface area (Å²) in [4.78, 5) is 21.0. The smallest absolute Gasteiger partial charge is 0.268 e. The fourth-order valence-corrected chi connectivity index (χ4v) is 1.85. The van der Waals surface area contributed by atoms with Crippen LogP contribution in [0.25, 0.3) is 0 Å². The lowest BCUT2D eigenvalue weighted by molar-refractivity contribution is 0.0995. The predicted octanol–water partition coefficient (Wildman–Crippen LogP) is 0.191. The average Bonchev–Trinajstić information content (AvgIpc) is 2.82. The Morgan fingerprint density at radius 1 is 1.65 bits per heavy atom. The van der Waals surface area contributed by atoms with Crippen molar-refractivity contribution >= 4 is 11.7 Å². The second kappa shape index (κ2) is 5.09. The number of hydrogen-bond donors (Lipinski definition) is 1. The number of hydrogen-bond acceptors (Lipinski definition) is 5. The van der Waals surface area contributed by atoms with Crippen LogP contribution in [-0.4, -0.2) is 42.2 Å². The van der Waals surface area contributed by atoms with Crippen molar-refractivity contribution in [2.75, 3.05) is 25.1 Å². The van der Waals surface area contributed by atoms with Crippen LogP contribution in [0, 0.1) is 0 Å². The fourth-order valence-electron chi connectivity index (χ4n) is 1.85. The monoisotopic (exact) mass is 236 g/mol. The molecule has 92 valence electrons. The molecule has 0 spiro atoms. The molecule has 1 aliphatic rings. The molecule has 0 aromatic carbocycles. The van der Waals surface area contributed by atoms with Gasteiger partial charge < -0.3 is 15.4 Å². The summed E-state index contributed by atoms with van der Waals surface area (Å²) in [6, 6.07) is 0. The summed E-state index contributed by atoms with van der Waals surface area (Å²) in [5, 5.41) is 0. The summed E-state index contributed by atoms with van der Waals surface area (Å²) in [6.45, 7) is 1.57. The molecule has 2 heterocycles. The zero-order valence-corrected chi connectivity index (χ0v) is 9.80. The third-order valence-corrected chi connectivity index (χ3v) is 2.77. The highest BCUT2D eigenvalue weighted by atomic mass is 16.5. The molecular weight excluding hydrogens is 220 g/mol. The summed E-state index contributed by atoms with van der Waals surface area (Å²) in [6.07, 6.45) is 5.38. The molecule has 1 aliphatic heterocycles. The Balaban J connectivity index is 2.04. The van der Waals surface area contributed by atoms with Crippen LogP contribution in [0.5, 0.6) is 0 Å². The van der Waals surface area contributed by atoms with E-state index in [-0.39, 0.29) is 11.8 Å². The van der Waals surface area contributed by atoms with Crippen molar-refractivity contribution in [1.29, 1.82) is 0 Å². The van der Waals surface area contributed by atoms with Gasteiger partial charge in [-0.15, -0.1) is 0 Å². The number of ether oxygens (including phenoxy) is 1. The van der Waals surface area contributed by atoms with Crippen LogP contribution in [0.4, 0.5) is 5.82 Å². The van der Waals surface area contributed by atoms with E-state index in [0.29, 0.717) is 5.82 Å². The summed E-state index contributed by atoms with van der Waals surface area (Å²) in [5.74, 6) is 0.0710. The van der Waals surface area contributed by atoms with Gasteiger partial charge in [0.2, 0.25) is 0 Å². The van der Waals surface area contributed by atoms with Gasteiger partial charge in [-0.05, 0) is 12.8 Å². The first-order valence-electron chi connectivity index (χ1n) is 5.61. The molecule has 1 atom stereocenters. The Bertz CT molecular complexity index is 404. The van der Waals surface area contributed by atoms with Crippen molar-refractivity contribution in [2.24, 2.45) is 5.73 Å². The number of nitrogens with two attached hydrogens (primary N) is 1. The van der Waals surface area contributed by atoms with E-state index in [2.05, 4.69) is 9.97 Å². The number of rotatable bonds is 4. The predicted molar refractivity (Wildman–Crippen MR) is 62.8 cm³/mol. The molecule has 0 saturated carbocycles. The molecule has 1 amide bonds. The lowest BCUT2D eigenvalue weighted by Crippen LogP contribution is -2.29. The number of anilines is 1. The van der Waals surface area contributed by atoms with Gasteiger partial charge in [0.1, 0.15) is 11.5 Å². The molecule has 0 radical (unpaired) electrons. The Labute approximate surface area is 99.8 Å². The third-order valence-electron chi connectivity index (χ3n) is 2.77. The Morgan fingerprint density at radius 3 is 3.12 bits per heavy atom. The quantitative estimate of drug-likeness (QED) is 0.807. The summed E-state index contributed by atoms with van der Waals surface area (Å²) in [5.41, 5.74) is 5.34. The second-order valence-corrected chi connectivity index (χ2v) is 4.14. The number of carbonyl (C=O) groups is 1. The summed E-state index contributed by atoms with van der Waals surface area (Å²) >= 11 is 0. The molecule has 2 rings (SSSR count). The van der Waals surface area contributed by atoms with Crippen molar-refractivity contribution in [2.45, 2.75) is 18.9 Å². The van der Waals surface area contributed by atoms with Gasteiger partial charge in [-0.1, -0.05) is 0 Å². The second-order valence-electron chi connectivity index (χ2n) is 4.14. The van der Waals surface area contributed by atoms with E-state index >= 15 is 0 Å². The van der Waals surface area contributed by atoms with E-state index < -0.39 is 5.91 Å². The molecule has 6 heteroatoms. The van der Waals surface area contributed by atoms with E-state index in [1.54, 1.807) is 6.20 Å². The molecular formula is C11H16N4O2. The lowest BCUT2D eigenvalue weighted by atomic mass is 10.2. The van der Waals surface area contributed by atoms with Crippen LogP contribution >= 0.6 is 0 Å². The highest BCUT2D eigenvalue weighted by Gasteiger charge is 2.18. The molecule has 1 aromatic rings. The van der Waals surface area contributed by atoms with Crippen molar-refractivity contribution in [3.05, 3.63) is 18.1 Å². The third kappa shape index (κ3) is 2.91. The van der Waals surface area contributed by atoms with Gasteiger partial charge in [-0.25, -0.2) is 4.98 Å². The zero-order chi connectivity index (χ0) is 12.3. The van der Waals surface area contributed by atoms with Gasteiger partial charge in [-0.2, -0.15) is 0 Å². The van der Waals surface area contributed by atoms with E-state index in [1.807, 2.05) is 11.9 Å². The maximum atomic E-state index is 11.0. The van der Waals surface area contributed by atoms with Crippen LogP contribution in [-0.2, 0) is 4.74 Å². The van der Waals surface area contributed by atoms with Crippen LogP contribution in [0.15, 0.2) is 12.4 Å². The lowest BCUT2D eigenvalue weighted by Gasteiger charge is -2.21. The first-order chi connectivity index (χ1) is 8.16. The largest absolute Gasteiger partial charge is 0.376 e. The maximum absolute atomic E-state index is 11.0. The van der Waals surface area contributed by atoms with E-state index in [1.165, 1.54) is 6.20 Å². The molecule has 6 nitrogen and oxygen atoms in total. The fraction of sp³-hybridized carbons (Fsp3) is 0.545. The van der Waals surface area contributed by atoms with Crippen LogP contribution in [0.3, 0.4) is 0 Å². The molecule has 2 N–H and O–H groups in total. The minimum absolute atomic E-state index is 0.182. The van der Waals surface area contributed by atoms with Crippen LogP contribution < -0.4 is 10.6 Å². The number of primary amides is 1. The van der Waals surface area contributed by atoms with Crippen molar-refractivity contribution in [3.63, 3.8) is 0 Å². The molecule has 1 unspecified atom stereocenters. The SMILES string of the molecule is CN(CC1CCCO1)c1cncc(C(N)=O)n1. The minimum atomic E-state index is -0.565. The first-order valence-corrected chi connectivity index (χ1v) is 5.61. The Kier molecular flexibility index (Phi) is 3.53. The van der Waals surface area contributed by atoms with Gasteiger partial charge in [0.15, 0.2) is 0 Å². The van der Waals surface area contributed by atoms with Gasteiger partial charge in [0.05, 0.1) is 18.5 Å². The summed E-state index contributed by atoms with van der Waals surface area (Å²) < 4.78 is 5.54. The number of nitrogens with zero attached hydrogens (tertiary/aromatic N) is 3. The van der Waals surface area contributed by atoms with E-state index in [4.69, 9.17) is 10.5 Å². The Morgan fingerprint density at radius 2 is 2.47 bits per heavy atom. The average molecular weight is 236 g/mol. The van der Waals surface area contributed by atoms with E-state index in [9.17, 15) is 4.79 Å². The molecule has 1 fully saturated rings. The minimum Gasteiger partial charge on any atom is -0.376 e. The molecule has 17 heavy (non-hydrogen) atoms. The summed E-state index contributed by atoms with van der Waals surface area (Å²) in [7, 11) is 1.90. The van der Waals surface area contributed by atoms with Gasteiger partial charge in [0, 0.05) is 20.2 Å². The highest BCUT2D eigenvalue weighted by molar-refractivity contribution is 5.90. The molecule has 1 aromatic heterocycles. The topological polar surface area (TPSA) is 81.3 Å². The van der Waals surface area contributed by atoms with Crippen LogP contribution in [0.2, 0.25) is 0 Å². The van der Waals surface area contributed by atoms with Crippen molar-refractivity contribution < 1.29 is 9.53 Å². The van der Waals surface area contributed by atoms with Crippen molar-refractivity contribution in [3.8, 4) is 0 Å². The van der Waals surface area contributed by atoms with Gasteiger partial charge >= 0.3 is 0 Å². The van der Waals surface area contributed by atoms with Gasteiger partial charge in [-0.3, -0.25) is 9.78 Å². The highest BCUT2D eigenvalue weighted by Crippen LogP contribution is 2.15. The first kappa shape index (κ1) is 11.8. The number of carbonyl (C=O) groups excluding carboxylic acids is 1. The molecule has 0 aliphatic carbocycles. The standard InChI is InChI=1S/C11H16N4O2/c1-15(7-8-3-2-4-17-8)10-6-13-5-9(14-10)11(12)16/h5-6,8H,2-4,7H2,1H3,(H2,12,16). The number of likely N-dealkylation sites (N-methyl/N-ethyl adjacent to an activating group) is 1. The van der Waals surface area contributed by atoms with Gasteiger partial charge in [0.25, 0.3) is 5.91 Å². The number of aromatic nitrogens is 2. The van der Waals surface area contributed by atoms with Crippen molar-refractivity contribution in [1.82, 2.24) is 9.97 Å². The van der Waals surface area contributed by atoms with Crippen LogP contribution in [0.1, 0.15) is 23.3 Å². The molecule has 0 bridgehead atoms.